The molecule has 1 fully saturated rings. The molecule has 0 unspecified atom stereocenters. The van der Waals surface area contributed by atoms with Gasteiger partial charge in [-0.25, -0.2) is 9.78 Å². The van der Waals surface area contributed by atoms with E-state index in [0.717, 1.165) is 15.0 Å². The van der Waals surface area contributed by atoms with Crippen molar-refractivity contribution in [2.45, 2.75) is 38.1 Å². The Hall–Kier alpha value is -1.66. The van der Waals surface area contributed by atoms with Gasteiger partial charge in [-0.15, -0.1) is 11.3 Å². The van der Waals surface area contributed by atoms with Gasteiger partial charge in [0.1, 0.15) is 5.58 Å². The molecule has 4 rings (SSSR count). The normalized spacial score (nSPS) is 15.7. The van der Waals surface area contributed by atoms with E-state index in [9.17, 15) is 4.79 Å². The largest absolute Gasteiger partial charge is 0.422 e. The Bertz CT molecular complexity index is 928. The number of thiazole rings is 1. The summed E-state index contributed by atoms with van der Waals surface area (Å²) < 4.78 is 6.38. The lowest BCUT2D eigenvalue weighted by atomic mass is 9.96. The van der Waals surface area contributed by atoms with Gasteiger partial charge < -0.3 is 9.73 Å². The van der Waals surface area contributed by atoms with Crippen LogP contribution in [0.15, 0.2) is 43.3 Å². The average Bonchev–Trinajstić information content (AvgIpc) is 3.04. The molecule has 4 nitrogen and oxygen atoms in total. The van der Waals surface area contributed by atoms with E-state index < -0.39 is 0 Å². The van der Waals surface area contributed by atoms with Crippen LogP contribution in [0.1, 0.15) is 32.1 Å². The molecule has 0 radical (unpaired) electrons. The number of hydrogen-bond acceptors (Lipinski definition) is 5. The third-order valence-electron chi connectivity index (χ3n) is 4.41. The highest BCUT2D eigenvalue weighted by Gasteiger charge is 2.16. The van der Waals surface area contributed by atoms with Crippen LogP contribution in [0.5, 0.6) is 0 Å². The number of rotatable bonds is 3. The van der Waals surface area contributed by atoms with Crippen molar-refractivity contribution in [1.82, 2.24) is 4.98 Å². The fourth-order valence-electron chi connectivity index (χ4n) is 3.16. The zero-order valence-corrected chi connectivity index (χ0v) is 15.5. The summed E-state index contributed by atoms with van der Waals surface area (Å²) in [5.74, 6) is 0. The average molecular weight is 405 g/mol. The molecule has 0 aliphatic heterocycles. The Morgan fingerprint density at radius 2 is 2.04 bits per heavy atom. The maximum atomic E-state index is 12.3. The molecule has 0 bridgehead atoms. The first-order valence-corrected chi connectivity index (χ1v) is 9.82. The highest BCUT2D eigenvalue weighted by Crippen LogP contribution is 2.28. The van der Waals surface area contributed by atoms with Crippen molar-refractivity contribution in [3.8, 4) is 11.3 Å². The predicted octanol–water partition coefficient (Wildman–Crippen LogP) is 5.42. The van der Waals surface area contributed by atoms with E-state index in [4.69, 9.17) is 4.42 Å². The van der Waals surface area contributed by atoms with E-state index in [2.05, 4.69) is 26.2 Å². The Kier molecular flexibility index (Phi) is 4.41. The van der Waals surface area contributed by atoms with Crippen LogP contribution in [-0.2, 0) is 0 Å². The van der Waals surface area contributed by atoms with Gasteiger partial charge in [0, 0.05) is 21.3 Å². The summed E-state index contributed by atoms with van der Waals surface area (Å²) in [4.78, 5) is 16.9. The third-order valence-corrected chi connectivity index (χ3v) is 5.67. The number of nitrogens with zero attached hydrogens (tertiary/aromatic N) is 1. The lowest BCUT2D eigenvalue weighted by Crippen LogP contribution is -2.22. The number of anilines is 1. The molecule has 24 heavy (non-hydrogen) atoms. The van der Waals surface area contributed by atoms with Gasteiger partial charge in [0.25, 0.3) is 0 Å². The van der Waals surface area contributed by atoms with Gasteiger partial charge in [-0.2, -0.15) is 0 Å². The van der Waals surface area contributed by atoms with E-state index in [-0.39, 0.29) is 5.63 Å². The van der Waals surface area contributed by atoms with Gasteiger partial charge in [-0.3, -0.25) is 0 Å². The molecule has 1 aromatic carbocycles. The Balaban J connectivity index is 1.65. The molecule has 1 aliphatic carbocycles. The van der Waals surface area contributed by atoms with Crippen LogP contribution in [0.25, 0.3) is 22.2 Å². The van der Waals surface area contributed by atoms with Crippen LogP contribution >= 0.6 is 27.3 Å². The number of halogens is 1. The highest BCUT2D eigenvalue weighted by atomic mass is 79.9. The van der Waals surface area contributed by atoms with Gasteiger partial charge in [0.2, 0.25) is 0 Å². The molecule has 0 saturated heterocycles. The van der Waals surface area contributed by atoms with Gasteiger partial charge in [0.05, 0.1) is 11.3 Å². The quantitative estimate of drug-likeness (QED) is 0.591. The van der Waals surface area contributed by atoms with Gasteiger partial charge in [-0.1, -0.05) is 35.2 Å². The van der Waals surface area contributed by atoms with Gasteiger partial charge >= 0.3 is 5.63 Å². The minimum Gasteiger partial charge on any atom is -0.422 e. The SMILES string of the molecule is O=c1oc2ccc(Br)cc2cc1-c1csc(NC2CCCCC2)n1. The molecule has 0 amide bonds. The fraction of sp³-hybridized carbons (Fsp3) is 0.333. The van der Waals surface area contributed by atoms with Crippen molar-refractivity contribution >= 4 is 43.4 Å². The molecule has 0 atom stereocenters. The zero-order valence-electron chi connectivity index (χ0n) is 13.0. The monoisotopic (exact) mass is 404 g/mol. The second-order valence-electron chi connectivity index (χ2n) is 6.15. The summed E-state index contributed by atoms with van der Waals surface area (Å²) in [5, 5.41) is 7.19. The molecule has 1 aliphatic rings. The first kappa shape index (κ1) is 15.8. The van der Waals surface area contributed by atoms with Gasteiger partial charge in [0.15, 0.2) is 5.13 Å². The smallest absolute Gasteiger partial charge is 0.345 e. The first-order valence-electron chi connectivity index (χ1n) is 8.15. The number of benzene rings is 1. The third kappa shape index (κ3) is 3.26. The molecular weight excluding hydrogens is 388 g/mol. The summed E-state index contributed by atoms with van der Waals surface area (Å²) in [6, 6.07) is 7.95. The summed E-state index contributed by atoms with van der Waals surface area (Å²) >= 11 is 4.99. The second-order valence-corrected chi connectivity index (χ2v) is 7.92. The molecule has 124 valence electrons. The second kappa shape index (κ2) is 6.69. The summed E-state index contributed by atoms with van der Waals surface area (Å²) in [7, 11) is 0. The van der Waals surface area contributed by atoms with Crippen LogP contribution in [0.2, 0.25) is 0 Å². The molecule has 0 spiro atoms. The predicted molar refractivity (Wildman–Crippen MR) is 102 cm³/mol. The zero-order chi connectivity index (χ0) is 16.5. The maximum absolute atomic E-state index is 12.3. The molecule has 1 saturated carbocycles. The first-order chi connectivity index (χ1) is 11.7. The minimum absolute atomic E-state index is 0.348. The van der Waals surface area contributed by atoms with Crippen molar-refractivity contribution < 1.29 is 4.42 Å². The molecule has 2 heterocycles. The van der Waals surface area contributed by atoms with E-state index >= 15 is 0 Å². The molecular formula is C18H17BrN2O2S. The van der Waals surface area contributed by atoms with E-state index in [1.165, 1.54) is 32.1 Å². The van der Waals surface area contributed by atoms with Crippen LogP contribution in [-0.4, -0.2) is 11.0 Å². The summed E-state index contributed by atoms with van der Waals surface area (Å²) in [6.45, 7) is 0. The van der Waals surface area contributed by atoms with Gasteiger partial charge in [-0.05, 0) is 37.1 Å². The maximum Gasteiger partial charge on any atom is 0.345 e. The Labute approximate surface area is 152 Å². The van der Waals surface area contributed by atoms with E-state index in [1.807, 2.05) is 23.6 Å². The number of hydrogen-bond donors (Lipinski definition) is 1. The Morgan fingerprint density at radius 1 is 1.21 bits per heavy atom. The van der Waals surface area contributed by atoms with Crippen molar-refractivity contribution in [3.63, 3.8) is 0 Å². The number of aromatic nitrogens is 1. The fourth-order valence-corrected chi connectivity index (χ4v) is 4.33. The lowest BCUT2D eigenvalue weighted by molar-refractivity contribution is 0.462. The summed E-state index contributed by atoms with van der Waals surface area (Å²) in [5.41, 5.74) is 1.42. The van der Waals surface area contributed by atoms with E-state index in [0.29, 0.717) is 22.9 Å². The standard InChI is InChI=1S/C18H17BrN2O2S/c19-12-6-7-16-11(8-12)9-14(17(22)23-16)15-10-24-18(21-15)20-13-4-2-1-3-5-13/h6-10,13H,1-5H2,(H,20,21). The topological polar surface area (TPSA) is 55.1 Å². The van der Waals surface area contributed by atoms with Crippen LogP contribution in [0.3, 0.4) is 0 Å². The highest BCUT2D eigenvalue weighted by molar-refractivity contribution is 9.10. The van der Waals surface area contributed by atoms with Crippen LogP contribution in [0.4, 0.5) is 5.13 Å². The van der Waals surface area contributed by atoms with Crippen molar-refractivity contribution in [1.29, 1.82) is 0 Å². The number of fused-ring (bicyclic) bond motifs is 1. The van der Waals surface area contributed by atoms with Crippen molar-refractivity contribution in [2.75, 3.05) is 5.32 Å². The molecule has 3 aromatic rings. The van der Waals surface area contributed by atoms with E-state index in [1.54, 1.807) is 17.4 Å². The van der Waals surface area contributed by atoms with Crippen molar-refractivity contribution in [2.24, 2.45) is 0 Å². The lowest BCUT2D eigenvalue weighted by Gasteiger charge is -2.22. The number of nitrogens with one attached hydrogen (secondary N) is 1. The molecule has 2 aromatic heterocycles. The minimum atomic E-state index is -0.348. The molecule has 1 N–H and O–H groups in total. The van der Waals surface area contributed by atoms with Crippen LogP contribution < -0.4 is 10.9 Å². The van der Waals surface area contributed by atoms with Crippen molar-refractivity contribution in [3.05, 3.63) is 44.5 Å². The molecule has 6 heteroatoms. The Morgan fingerprint density at radius 3 is 2.88 bits per heavy atom. The summed E-state index contributed by atoms with van der Waals surface area (Å²) in [6.07, 6.45) is 6.27. The van der Waals surface area contributed by atoms with Crippen LogP contribution in [0, 0.1) is 0 Å².